The number of rotatable bonds is 9. The van der Waals surface area contributed by atoms with Crippen molar-refractivity contribution >= 4 is 40.9 Å². The Labute approximate surface area is 216 Å². The average molecular weight is 506 g/mol. The molecule has 190 valence electrons. The molecule has 0 amide bonds. The summed E-state index contributed by atoms with van der Waals surface area (Å²) in [5, 5.41) is 0. The summed E-state index contributed by atoms with van der Waals surface area (Å²) in [6, 6.07) is 15.1. The summed E-state index contributed by atoms with van der Waals surface area (Å²) in [5.74, 6) is 2.34. The van der Waals surface area contributed by atoms with Crippen LogP contribution >= 0.6 is 23.5 Å². The van der Waals surface area contributed by atoms with Gasteiger partial charge in [0, 0.05) is 22.9 Å². The lowest BCUT2D eigenvalue weighted by Crippen LogP contribution is -2.25. The zero-order valence-corrected chi connectivity index (χ0v) is 23.7. The standard InChI is InChI=1S/C24H31NO3S2.2C2H6/c1-4-5-9-18-16-25(19-10-7-6-8-11-19)20-14-23(29-3)21(15-22(20)30-17-18)28-13-12-24(26)27-2;2*1-2/h6-8,10-11,14-15,18H,4-5,9,12-13,16-17H2,1-3H3;2*1-2H3. The van der Waals surface area contributed by atoms with E-state index >= 15 is 0 Å². The molecule has 1 unspecified atom stereocenters. The first-order valence-electron chi connectivity index (χ1n) is 12.5. The van der Waals surface area contributed by atoms with Gasteiger partial charge >= 0.3 is 5.97 Å². The lowest BCUT2D eigenvalue weighted by Gasteiger charge is -2.28. The van der Waals surface area contributed by atoms with E-state index in [0.29, 0.717) is 12.5 Å². The van der Waals surface area contributed by atoms with Crippen molar-refractivity contribution in [2.24, 2.45) is 5.92 Å². The second kappa shape index (κ2) is 17.6. The Kier molecular flexibility index (Phi) is 15.7. The number of carbonyl (C=O) groups excluding carboxylic acids is 1. The number of anilines is 2. The van der Waals surface area contributed by atoms with Crippen LogP contribution in [0.25, 0.3) is 0 Å². The van der Waals surface area contributed by atoms with Crippen molar-refractivity contribution in [3.05, 3.63) is 42.5 Å². The Morgan fingerprint density at radius 3 is 2.47 bits per heavy atom. The normalized spacial score (nSPS) is 14.4. The van der Waals surface area contributed by atoms with Crippen LogP contribution in [0, 0.1) is 5.92 Å². The third-order valence-corrected chi connectivity index (χ3v) is 7.31. The van der Waals surface area contributed by atoms with Gasteiger partial charge in [-0.25, -0.2) is 0 Å². The maximum Gasteiger partial charge on any atom is 0.308 e. The van der Waals surface area contributed by atoms with Gasteiger partial charge in [0.25, 0.3) is 0 Å². The van der Waals surface area contributed by atoms with E-state index < -0.39 is 0 Å². The molecular weight excluding hydrogens is 462 g/mol. The van der Waals surface area contributed by atoms with E-state index in [0.717, 1.165) is 22.9 Å². The van der Waals surface area contributed by atoms with Gasteiger partial charge in [0.05, 0.1) is 30.7 Å². The minimum atomic E-state index is -0.251. The van der Waals surface area contributed by atoms with Gasteiger partial charge in [-0.2, -0.15) is 0 Å². The van der Waals surface area contributed by atoms with Gasteiger partial charge < -0.3 is 14.4 Å². The molecule has 34 heavy (non-hydrogen) atoms. The van der Waals surface area contributed by atoms with E-state index in [-0.39, 0.29) is 12.4 Å². The second-order valence-electron chi connectivity index (χ2n) is 7.41. The van der Waals surface area contributed by atoms with Gasteiger partial charge in [0.1, 0.15) is 5.75 Å². The maximum atomic E-state index is 11.4. The fourth-order valence-electron chi connectivity index (χ4n) is 3.61. The summed E-state index contributed by atoms with van der Waals surface area (Å²) in [5.41, 5.74) is 2.48. The highest BCUT2D eigenvalue weighted by Crippen LogP contribution is 2.45. The highest BCUT2D eigenvalue weighted by atomic mass is 32.2. The Bertz CT molecular complexity index is 830. The quantitative estimate of drug-likeness (QED) is 0.251. The monoisotopic (exact) mass is 505 g/mol. The molecule has 0 radical (unpaired) electrons. The SMILES string of the molecule is CC.CC.CCCCC1CSc2cc(OCCC(=O)OC)c(SC)cc2N(c2ccccc2)C1. The van der Waals surface area contributed by atoms with E-state index in [4.69, 9.17) is 9.47 Å². The predicted molar refractivity (Wildman–Crippen MR) is 150 cm³/mol. The number of nitrogens with zero attached hydrogens (tertiary/aromatic N) is 1. The van der Waals surface area contributed by atoms with E-state index in [9.17, 15) is 4.79 Å². The molecule has 3 rings (SSSR count). The first-order chi connectivity index (χ1) is 16.7. The first kappa shape index (κ1) is 30.2. The minimum absolute atomic E-state index is 0.251. The van der Waals surface area contributed by atoms with Gasteiger partial charge in [-0.15, -0.1) is 23.5 Å². The number of carbonyl (C=O) groups is 1. The molecule has 0 aromatic heterocycles. The van der Waals surface area contributed by atoms with Gasteiger partial charge in [0.15, 0.2) is 0 Å². The third-order valence-electron chi connectivity index (χ3n) is 5.28. The molecule has 1 aliphatic heterocycles. The summed E-state index contributed by atoms with van der Waals surface area (Å²) in [6.07, 6.45) is 6.06. The van der Waals surface area contributed by atoms with Crippen LogP contribution in [0.1, 0.15) is 60.3 Å². The Hall–Kier alpha value is -1.79. The van der Waals surface area contributed by atoms with Crippen molar-refractivity contribution in [1.82, 2.24) is 0 Å². The summed E-state index contributed by atoms with van der Waals surface area (Å²) in [4.78, 5) is 16.2. The van der Waals surface area contributed by atoms with Crippen molar-refractivity contribution in [1.29, 1.82) is 0 Å². The number of benzene rings is 2. The van der Waals surface area contributed by atoms with Gasteiger partial charge in [-0.1, -0.05) is 65.7 Å². The number of para-hydroxylation sites is 1. The number of unbranched alkanes of at least 4 members (excludes halogenated alkanes) is 1. The van der Waals surface area contributed by atoms with Crippen molar-refractivity contribution in [3.63, 3.8) is 0 Å². The zero-order chi connectivity index (χ0) is 25.3. The van der Waals surface area contributed by atoms with Crippen LogP contribution in [0.15, 0.2) is 52.3 Å². The van der Waals surface area contributed by atoms with E-state index in [2.05, 4.69) is 60.5 Å². The minimum Gasteiger partial charge on any atom is -0.492 e. The molecule has 0 spiro atoms. The van der Waals surface area contributed by atoms with Gasteiger partial charge in [-0.05, 0) is 42.9 Å². The highest BCUT2D eigenvalue weighted by Gasteiger charge is 2.25. The molecule has 0 fully saturated rings. The number of fused-ring (bicyclic) bond motifs is 1. The molecule has 2 aromatic rings. The van der Waals surface area contributed by atoms with Crippen molar-refractivity contribution < 1.29 is 14.3 Å². The molecule has 0 bridgehead atoms. The lowest BCUT2D eigenvalue weighted by molar-refractivity contribution is -0.141. The second-order valence-corrected chi connectivity index (χ2v) is 9.32. The van der Waals surface area contributed by atoms with E-state index in [1.54, 1.807) is 11.8 Å². The summed E-state index contributed by atoms with van der Waals surface area (Å²) in [6.45, 7) is 11.6. The van der Waals surface area contributed by atoms with Crippen LogP contribution in [0.4, 0.5) is 11.4 Å². The molecule has 1 aliphatic rings. The average Bonchev–Trinajstić information content (AvgIpc) is 3.08. The Morgan fingerprint density at radius 1 is 1.15 bits per heavy atom. The molecule has 6 heteroatoms. The molecule has 1 atom stereocenters. The molecule has 0 aliphatic carbocycles. The first-order valence-corrected chi connectivity index (χ1v) is 14.7. The molecule has 0 N–H and O–H groups in total. The molecule has 1 heterocycles. The van der Waals surface area contributed by atoms with Crippen LogP contribution in [-0.2, 0) is 9.53 Å². The Morgan fingerprint density at radius 2 is 1.85 bits per heavy atom. The number of ether oxygens (including phenoxy) is 2. The maximum absolute atomic E-state index is 11.4. The predicted octanol–water partition coefficient (Wildman–Crippen LogP) is 8.45. The fraction of sp³-hybridized carbons (Fsp3) is 0.536. The van der Waals surface area contributed by atoms with Gasteiger partial charge in [-0.3, -0.25) is 4.79 Å². The van der Waals surface area contributed by atoms with Crippen molar-refractivity contribution in [2.45, 2.75) is 70.1 Å². The molecule has 0 saturated carbocycles. The van der Waals surface area contributed by atoms with Gasteiger partial charge in [0.2, 0.25) is 0 Å². The number of hydrogen-bond donors (Lipinski definition) is 0. The number of thioether (sulfide) groups is 2. The van der Waals surface area contributed by atoms with E-state index in [1.165, 1.54) is 42.6 Å². The molecular formula is C28H43NO3S2. The van der Waals surface area contributed by atoms with Crippen LogP contribution in [0.5, 0.6) is 5.75 Å². The summed E-state index contributed by atoms with van der Waals surface area (Å²) in [7, 11) is 1.40. The summed E-state index contributed by atoms with van der Waals surface area (Å²) < 4.78 is 10.7. The van der Waals surface area contributed by atoms with Crippen LogP contribution in [0.2, 0.25) is 0 Å². The molecule has 2 aromatic carbocycles. The van der Waals surface area contributed by atoms with Crippen LogP contribution in [-0.4, -0.2) is 38.2 Å². The number of esters is 1. The third kappa shape index (κ3) is 9.10. The van der Waals surface area contributed by atoms with Crippen LogP contribution in [0.3, 0.4) is 0 Å². The lowest BCUT2D eigenvalue weighted by atomic mass is 10.0. The number of methoxy groups -OCH3 is 1. The Balaban J connectivity index is 0.00000137. The van der Waals surface area contributed by atoms with E-state index in [1.807, 2.05) is 39.5 Å². The van der Waals surface area contributed by atoms with Crippen LogP contribution < -0.4 is 9.64 Å². The van der Waals surface area contributed by atoms with Crippen molar-refractivity contribution in [3.8, 4) is 5.75 Å². The summed E-state index contributed by atoms with van der Waals surface area (Å²) >= 11 is 3.60. The topological polar surface area (TPSA) is 38.8 Å². The van der Waals surface area contributed by atoms with Crippen molar-refractivity contribution in [2.75, 3.05) is 37.2 Å². The number of hydrogen-bond acceptors (Lipinski definition) is 6. The molecule has 0 saturated heterocycles. The smallest absolute Gasteiger partial charge is 0.308 e. The largest absolute Gasteiger partial charge is 0.492 e. The molecule has 4 nitrogen and oxygen atoms in total. The zero-order valence-electron chi connectivity index (χ0n) is 22.1. The highest BCUT2D eigenvalue weighted by molar-refractivity contribution is 7.99. The fourth-order valence-corrected chi connectivity index (χ4v) is 5.36.